The number of esters is 1. The molecule has 1 unspecified atom stereocenters. The minimum atomic E-state index is -0.677. The molecule has 0 radical (unpaired) electrons. The van der Waals surface area contributed by atoms with Crippen LogP contribution < -0.4 is 0 Å². The Morgan fingerprint density at radius 2 is 1.39 bits per heavy atom. The zero-order valence-corrected chi connectivity index (χ0v) is 17.1. The Kier molecular flexibility index (Phi) is 7.93. The molecule has 154 valence electrons. The van der Waals surface area contributed by atoms with E-state index in [9.17, 15) is 10.1 Å². The van der Waals surface area contributed by atoms with E-state index in [4.69, 9.17) is 9.47 Å². The molecule has 1 atom stereocenters. The van der Waals surface area contributed by atoms with Gasteiger partial charge in [-0.2, -0.15) is 5.26 Å². The summed E-state index contributed by atoms with van der Waals surface area (Å²) in [6.45, 7) is 4.01. The summed E-state index contributed by atoms with van der Waals surface area (Å²) in [6, 6.07) is 30.4. The van der Waals surface area contributed by atoms with Crippen LogP contribution in [0.1, 0.15) is 22.8 Å². The standard InChI is InChI=1S/C27H23NO3/c1-2-25(21-12-6-3-7-13-21)30-18-19-31-27(29)24(20-28)26(22-14-8-4-9-15-22)23-16-10-5-11-17-23/h2-17,25H,1,18-19H2. The van der Waals surface area contributed by atoms with Crippen LogP contribution in [0.3, 0.4) is 0 Å². The molecule has 0 bridgehead atoms. The molecule has 0 heterocycles. The zero-order valence-electron chi connectivity index (χ0n) is 17.1. The summed E-state index contributed by atoms with van der Waals surface area (Å²) in [5, 5.41) is 9.77. The van der Waals surface area contributed by atoms with E-state index < -0.39 is 5.97 Å². The summed E-state index contributed by atoms with van der Waals surface area (Å²) < 4.78 is 11.1. The van der Waals surface area contributed by atoms with Crippen molar-refractivity contribution in [1.29, 1.82) is 5.26 Å². The SMILES string of the molecule is C=CC(OCCOC(=O)C(C#N)=C(c1ccccc1)c1ccccc1)c1ccccc1. The molecule has 4 nitrogen and oxygen atoms in total. The lowest BCUT2D eigenvalue weighted by atomic mass is 9.93. The lowest BCUT2D eigenvalue weighted by Gasteiger charge is -2.15. The summed E-state index contributed by atoms with van der Waals surface area (Å²) in [5.41, 5.74) is 3.02. The number of rotatable bonds is 9. The molecule has 0 fully saturated rings. The van der Waals surface area contributed by atoms with Crippen LogP contribution in [0.15, 0.2) is 109 Å². The Labute approximate surface area is 182 Å². The maximum absolute atomic E-state index is 12.8. The van der Waals surface area contributed by atoms with Gasteiger partial charge in [-0.15, -0.1) is 6.58 Å². The molecule has 0 saturated heterocycles. The van der Waals surface area contributed by atoms with Crippen LogP contribution in [-0.2, 0) is 14.3 Å². The van der Waals surface area contributed by atoms with Crippen molar-refractivity contribution in [2.75, 3.05) is 13.2 Å². The lowest BCUT2D eigenvalue weighted by Crippen LogP contribution is -2.15. The summed E-state index contributed by atoms with van der Waals surface area (Å²) >= 11 is 0. The highest BCUT2D eigenvalue weighted by molar-refractivity contribution is 6.05. The van der Waals surface area contributed by atoms with Gasteiger partial charge in [0.15, 0.2) is 0 Å². The predicted octanol–water partition coefficient (Wildman–Crippen LogP) is 5.50. The van der Waals surface area contributed by atoms with Crippen LogP contribution in [0.2, 0.25) is 0 Å². The Morgan fingerprint density at radius 3 is 1.87 bits per heavy atom. The number of nitrogens with zero attached hydrogens (tertiary/aromatic N) is 1. The average molecular weight is 409 g/mol. The summed E-state index contributed by atoms with van der Waals surface area (Å²) in [6.07, 6.45) is 1.40. The predicted molar refractivity (Wildman–Crippen MR) is 121 cm³/mol. The van der Waals surface area contributed by atoms with Gasteiger partial charge >= 0.3 is 5.97 Å². The van der Waals surface area contributed by atoms with Crippen molar-refractivity contribution >= 4 is 11.5 Å². The van der Waals surface area contributed by atoms with Crippen molar-refractivity contribution in [3.8, 4) is 6.07 Å². The van der Waals surface area contributed by atoms with Crippen LogP contribution in [0.25, 0.3) is 5.57 Å². The van der Waals surface area contributed by atoms with E-state index in [1.54, 1.807) is 6.08 Å². The first-order valence-electron chi connectivity index (χ1n) is 9.96. The van der Waals surface area contributed by atoms with Gasteiger partial charge in [-0.3, -0.25) is 0 Å². The van der Waals surface area contributed by atoms with Crippen molar-refractivity contribution in [2.45, 2.75) is 6.10 Å². The molecule has 31 heavy (non-hydrogen) atoms. The minimum Gasteiger partial charge on any atom is -0.459 e. The number of nitriles is 1. The number of carbonyl (C=O) groups excluding carboxylic acids is 1. The molecule has 0 aliphatic heterocycles. The lowest BCUT2D eigenvalue weighted by molar-refractivity contribution is -0.140. The smallest absolute Gasteiger partial charge is 0.349 e. The topological polar surface area (TPSA) is 59.3 Å². The Bertz CT molecular complexity index is 1030. The third kappa shape index (κ3) is 5.79. The van der Waals surface area contributed by atoms with Crippen molar-refractivity contribution in [3.05, 3.63) is 126 Å². The van der Waals surface area contributed by atoms with Gasteiger partial charge in [-0.1, -0.05) is 97.1 Å². The highest BCUT2D eigenvalue weighted by Crippen LogP contribution is 2.27. The van der Waals surface area contributed by atoms with E-state index in [0.717, 1.165) is 16.7 Å². The molecule has 3 rings (SSSR count). The van der Waals surface area contributed by atoms with Gasteiger partial charge in [-0.25, -0.2) is 4.79 Å². The monoisotopic (exact) mass is 409 g/mol. The molecule has 0 aliphatic rings. The maximum atomic E-state index is 12.8. The first-order valence-corrected chi connectivity index (χ1v) is 9.96. The van der Waals surface area contributed by atoms with E-state index in [0.29, 0.717) is 5.57 Å². The normalized spacial score (nSPS) is 11.1. The molecule has 0 aliphatic carbocycles. The largest absolute Gasteiger partial charge is 0.459 e. The van der Waals surface area contributed by atoms with Gasteiger partial charge in [0, 0.05) is 5.57 Å². The number of hydrogen-bond donors (Lipinski definition) is 0. The molecule has 0 amide bonds. The third-order valence-corrected chi connectivity index (χ3v) is 4.65. The summed E-state index contributed by atoms with van der Waals surface area (Å²) in [7, 11) is 0. The maximum Gasteiger partial charge on any atom is 0.349 e. The fourth-order valence-electron chi connectivity index (χ4n) is 3.19. The zero-order chi connectivity index (χ0) is 21.9. The second-order valence-electron chi connectivity index (χ2n) is 6.67. The molecular formula is C27H23NO3. The quantitative estimate of drug-likeness (QED) is 0.154. The fraction of sp³-hybridized carbons (Fsp3) is 0.111. The number of ether oxygens (including phenoxy) is 2. The van der Waals surface area contributed by atoms with Gasteiger partial charge in [0.1, 0.15) is 24.4 Å². The molecule has 4 heteroatoms. The van der Waals surface area contributed by atoms with Crippen molar-refractivity contribution in [1.82, 2.24) is 0 Å². The first-order chi connectivity index (χ1) is 15.2. The van der Waals surface area contributed by atoms with Gasteiger partial charge in [0.25, 0.3) is 0 Å². The average Bonchev–Trinajstić information content (AvgIpc) is 2.84. The molecular weight excluding hydrogens is 386 g/mol. The molecule has 0 saturated carbocycles. The number of benzene rings is 3. The number of hydrogen-bond acceptors (Lipinski definition) is 4. The van der Waals surface area contributed by atoms with Crippen LogP contribution in [0.5, 0.6) is 0 Å². The van der Waals surface area contributed by atoms with Crippen LogP contribution >= 0.6 is 0 Å². The van der Waals surface area contributed by atoms with Crippen LogP contribution in [0.4, 0.5) is 0 Å². The molecule has 3 aromatic rings. The Balaban J connectivity index is 1.74. The van der Waals surface area contributed by atoms with Crippen molar-refractivity contribution in [3.63, 3.8) is 0 Å². The first kappa shape index (κ1) is 21.8. The highest BCUT2D eigenvalue weighted by Gasteiger charge is 2.20. The van der Waals surface area contributed by atoms with Crippen LogP contribution in [0, 0.1) is 11.3 Å². The van der Waals surface area contributed by atoms with E-state index in [-0.39, 0.29) is 24.9 Å². The fourth-order valence-corrected chi connectivity index (χ4v) is 3.19. The minimum absolute atomic E-state index is 0.0258. The Morgan fingerprint density at radius 1 is 0.871 bits per heavy atom. The third-order valence-electron chi connectivity index (χ3n) is 4.65. The Hall–Kier alpha value is -3.94. The second kappa shape index (κ2) is 11.3. The van der Waals surface area contributed by atoms with Gasteiger partial charge < -0.3 is 9.47 Å². The van der Waals surface area contributed by atoms with Crippen molar-refractivity contribution in [2.24, 2.45) is 0 Å². The van der Waals surface area contributed by atoms with E-state index in [1.165, 1.54) is 0 Å². The summed E-state index contributed by atoms with van der Waals surface area (Å²) in [5.74, 6) is -0.677. The van der Waals surface area contributed by atoms with Gasteiger partial charge in [0.2, 0.25) is 0 Å². The molecule has 3 aromatic carbocycles. The second-order valence-corrected chi connectivity index (χ2v) is 6.67. The highest BCUT2D eigenvalue weighted by atomic mass is 16.6. The molecule has 0 aromatic heterocycles. The van der Waals surface area contributed by atoms with Gasteiger partial charge in [-0.05, 0) is 16.7 Å². The van der Waals surface area contributed by atoms with E-state index in [1.807, 2.05) is 97.1 Å². The van der Waals surface area contributed by atoms with E-state index in [2.05, 4.69) is 6.58 Å². The van der Waals surface area contributed by atoms with E-state index >= 15 is 0 Å². The number of carbonyl (C=O) groups is 1. The molecule has 0 spiro atoms. The van der Waals surface area contributed by atoms with Crippen LogP contribution in [-0.4, -0.2) is 19.2 Å². The van der Waals surface area contributed by atoms with Crippen molar-refractivity contribution < 1.29 is 14.3 Å². The summed E-state index contributed by atoms with van der Waals surface area (Å²) in [4.78, 5) is 12.8. The molecule has 0 N–H and O–H groups in total. The van der Waals surface area contributed by atoms with Gasteiger partial charge in [0.05, 0.1) is 6.61 Å².